The second kappa shape index (κ2) is 5.95. The molecule has 0 aliphatic rings. The van der Waals surface area contributed by atoms with Gasteiger partial charge in [-0.15, -0.1) is 0 Å². The van der Waals surface area contributed by atoms with E-state index in [4.69, 9.17) is 11.6 Å². The molecule has 16 heavy (non-hydrogen) atoms. The first-order chi connectivity index (χ1) is 7.38. The molecule has 1 aromatic rings. The van der Waals surface area contributed by atoms with Crippen molar-refractivity contribution in [1.29, 1.82) is 0 Å². The van der Waals surface area contributed by atoms with E-state index < -0.39 is 0 Å². The molecular weight excluding hydrogens is 240 g/mol. The zero-order valence-corrected chi connectivity index (χ0v) is 11.6. The van der Waals surface area contributed by atoms with Gasteiger partial charge in [-0.05, 0) is 11.6 Å². The fourth-order valence-electron chi connectivity index (χ4n) is 1.32. The Morgan fingerprint density at radius 2 is 1.94 bits per heavy atom. The van der Waals surface area contributed by atoms with Gasteiger partial charge in [-0.2, -0.15) is 11.8 Å². The van der Waals surface area contributed by atoms with Gasteiger partial charge in [0.2, 0.25) is 0 Å². The lowest BCUT2D eigenvalue weighted by molar-refractivity contribution is 0.200. The van der Waals surface area contributed by atoms with Gasteiger partial charge in [-0.3, -0.25) is 0 Å². The number of hydrogen-bond acceptors (Lipinski definition) is 2. The van der Waals surface area contributed by atoms with Gasteiger partial charge in [-0.25, -0.2) is 0 Å². The Labute approximate surface area is 107 Å². The van der Waals surface area contributed by atoms with Gasteiger partial charge in [0, 0.05) is 21.9 Å². The Kier molecular flexibility index (Phi) is 5.16. The van der Waals surface area contributed by atoms with Crippen LogP contribution in [0.5, 0.6) is 0 Å². The molecule has 1 N–H and O–H groups in total. The molecule has 1 aromatic carbocycles. The number of benzene rings is 1. The largest absolute Gasteiger partial charge is 0.392 e. The summed E-state index contributed by atoms with van der Waals surface area (Å²) in [6.07, 6.45) is 0.298. The average molecular weight is 259 g/mol. The van der Waals surface area contributed by atoms with Gasteiger partial charge in [0.05, 0.1) is 6.10 Å². The Balaban J connectivity index is 2.46. The molecular formula is C13H19ClOS. The molecule has 0 heterocycles. The first-order valence-electron chi connectivity index (χ1n) is 5.44. The lowest BCUT2D eigenvalue weighted by Crippen LogP contribution is -2.19. The van der Waals surface area contributed by atoms with E-state index in [1.807, 2.05) is 24.3 Å². The molecule has 0 aliphatic heterocycles. The first-order valence-corrected chi connectivity index (χ1v) is 6.80. The second-order valence-electron chi connectivity index (χ2n) is 4.87. The lowest BCUT2D eigenvalue weighted by Gasteiger charge is -2.20. The van der Waals surface area contributed by atoms with Crippen molar-refractivity contribution < 1.29 is 5.11 Å². The topological polar surface area (TPSA) is 20.2 Å². The molecule has 0 aromatic heterocycles. The number of aliphatic hydroxyl groups excluding tert-OH is 1. The maximum absolute atomic E-state index is 9.91. The van der Waals surface area contributed by atoms with Crippen molar-refractivity contribution in [3.63, 3.8) is 0 Å². The number of aliphatic hydroxyl groups is 1. The van der Waals surface area contributed by atoms with Crippen LogP contribution in [0.1, 0.15) is 26.3 Å². The van der Waals surface area contributed by atoms with E-state index in [2.05, 4.69) is 20.8 Å². The normalized spacial score (nSPS) is 13.8. The quantitative estimate of drug-likeness (QED) is 0.887. The summed E-state index contributed by atoms with van der Waals surface area (Å²) in [5.74, 6) is 0.745. The van der Waals surface area contributed by atoms with Crippen molar-refractivity contribution in [1.82, 2.24) is 0 Å². The third kappa shape index (κ3) is 5.24. The van der Waals surface area contributed by atoms with Crippen molar-refractivity contribution in [3.8, 4) is 0 Å². The summed E-state index contributed by atoms with van der Waals surface area (Å²) in [4.78, 5) is 0. The van der Waals surface area contributed by atoms with E-state index in [1.165, 1.54) is 0 Å². The summed E-state index contributed by atoms with van der Waals surface area (Å²) < 4.78 is 0.196. The van der Waals surface area contributed by atoms with Crippen LogP contribution in [0.2, 0.25) is 5.02 Å². The van der Waals surface area contributed by atoms with Crippen molar-refractivity contribution in [2.24, 2.45) is 0 Å². The van der Waals surface area contributed by atoms with Crippen molar-refractivity contribution >= 4 is 23.4 Å². The van der Waals surface area contributed by atoms with E-state index in [0.717, 1.165) is 16.3 Å². The number of halogens is 1. The van der Waals surface area contributed by atoms with Crippen LogP contribution in [0.25, 0.3) is 0 Å². The SMILES string of the molecule is CC(C)(C)SCC(O)Cc1ccccc1Cl. The monoisotopic (exact) mass is 258 g/mol. The molecule has 0 fully saturated rings. The predicted molar refractivity (Wildman–Crippen MR) is 73.4 cm³/mol. The zero-order valence-electron chi connectivity index (χ0n) is 10.0. The van der Waals surface area contributed by atoms with Crippen molar-refractivity contribution in [2.45, 2.75) is 38.0 Å². The highest BCUT2D eigenvalue weighted by Crippen LogP contribution is 2.25. The van der Waals surface area contributed by atoms with Crippen LogP contribution in [0, 0.1) is 0 Å². The minimum atomic E-state index is -0.330. The summed E-state index contributed by atoms with van der Waals surface area (Å²) in [6.45, 7) is 6.46. The van der Waals surface area contributed by atoms with E-state index in [1.54, 1.807) is 11.8 Å². The number of rotatable bonds is 4. The lowest BCUT2D eigenvalue weighted by atomic mass is 10.1. The van der Waals surface area contributed by atoms with Crippen LogP contribution in [0.15, 0.2) is 24.3 Å². The van der Waals surface area contributed by atoms with E-state index in [-0.39, 0.29) is 10.9 Å². The molecule has 0 saturated heterocycles. The maximum Gasteiger partial charge on any atom is 0.0671 e. The molecule has 1 unspecified atom stereocenters. The highest BCUT2D eigenvalue weighted by Gasteiger charge is 2.15. The third-order valence-corrected chi connectivity index (χ3v) is 3.91. The van der Waals surface area contributed by atoms with Gasteiger partial charge >= 0.3 is 0 Å². The Hall–Kier alpha value is -0.180. The molecule has 90 valence electrons. The van der Waals surface area contributed by atoms with Gasteiger partial charge in [0.1, 0.15) is 0 Å². The van der Waals surface area contributed by atoms with Crippen molar-refractivity contribution in [2.75, 3.05) is 5.75 Å². The number of hydrogen-bond donors (Lipinski definition) is 1. The molecule has 0 aliphatic carbocycles. The van der Waals surface area contributed by atoms with Crippen LogP contribution in [-0.2, 0) is 6.42 Å². The van der Waals surface area contributed by atoms with Gasteiger partial charge < -0.3 is 5.11 Å². The van der Waals surface area contributed by atoms with E-state index in [0.29, 0.717) is 6.42 Å². The van der Waals surface area contributed by atoms with Crippen molar-refractivity contribution in [3.05, 3.63) is 34.9 Å². The first kappa shape index (κ1) is 13.9. The molecule has 1 nitrogen and oxygen atoms in total. The fourth-order valence-corrected chi connectivity index (χ4v) is 2.35. The Morgan fingerprint density at radius 1 is 1.31 bits per heavy atom. The summed E-state index contributed by atoms with van der Waals surface area (Å²) in [5, 5.41) is 10.6. The Morgan fingerprint density at radius 3 is 2.50 bits per heavy atom. The van der Waals surface area contributed by atoms with Crippen LogP contribution < -0.4 is 0 Å². The minimum Gasteiger partial charge on any atom is -0.392 e. The zero-order chi connectivity index (χ0) is 12.2. The summed E-state index contributed by atoms with van der Waals surface area (Å²) in [5.41, 5.74) is 1.02. The van der Waals surface area contributed by atoms with Crippen LogP contribution in [0.3, 0.4) is 0 Å². The van der Waals surface area contributed by atoms with E-state index >= 15 is 0 Å². The summed E-state index contributed by atoms with van der Waals surface area (Å²) >= 11 is 7.81. The smallest absolute Gasteiger partial charge is 0.0671 e. The fraction of sp³-hybridized carbons (Fsp3) is 0.538. The second-order valence-corrected chi connectivity index (χ2v) is 7.13. The molecule has 0 bridgehead atoms. The third-order valence-electron chi connectivity index (χ3n) is 2.12. The maximum atomic E-state index is 9.91. The highest BCUT2D eigenvalue weighted by molar-refractivity contribution is 8.00. The molecule has 0 saturated carbocycles. The summed E-state index contributed by atoms with van der Waals surface area (Å²) in [7, 11) is 0. The average Bonchev–Trinajstić information content (AvgIpc) is 2.18. The molecule has 1 rings (SSSR count). The standard InChI is InChI=1S/C13H19ClOS/c1-13(2,3)16-9-11(15)8-10-6-4-5-7-12(10)14/h4-7,11,15H,8-9H2,1-3H3. The highest BCUT2D eigenvalue weighted by atomic mass is 35.5. The van der Waals surface area contributed by atoms with E-state index in [9.17, 15) is 5.11 Å². The Bertz CT molecular complexity index is 333. The van der Waals surface area contributed by atoms with Crippen LogP contribution in [0.4, 0.5) is 0 Å². The van der Waals surface area contributed by atoms with Gasteiger partial charge in [0.25, 0.3) is 0 Å². The predicted octanol–water partition coefficient (Wildman–Crippen LogP) is 3.78. The summed E-state index contributed by atoms with van der Waals surface area (Å²) in [6, 6.07) is 7.68. The minimum absolute atomic E-state index is 0.196. The molecule has 3 heteroatoms. The van der Waals surface area contributed by atoms with Gasteiger partial charge in [-0.1, -0.05) is 50.6 Å². The molecule has 0 amide bonds. The van der Waals surface area contributed by atoms with Gasteiger partial charge in [0.15, 0.2) is 0 Å². The molecule has 1 atom stereocenters. The molecule has 0 radical (unpaired) electrons. The molecule has 0 spiro atoms. The van der Waals surface area contributed by atoms with Crippen LogP contribution >= 0.6 is 23.4 Å². The van der Waals surface area contributed by atoms with Crippen LogP contribution in [-0.4, -0.2) is 21.7 Å². The number of thioether (sulfide) groups is 1.